The molecule has 4 aromatic rings. The van der Waals surface area contributed by atoms with E-state index in [0.717, 1.165) is 64.3 Å². The van der Waals surface area contributed by atoms with Crippen molar-refractivity contribution in [3.05, 3.63) is 90.5 Å². The first-order chi connectivity index (χ1) is 23.0. The first kappa shape index (κ1) is 35.8. The Balaban J connectivity index is 0.000000191. The lowest BCUT2D eigenvalue weighted by Gasteiger charge is -2.40. The molecule has 11 heteroatoms. The van der Waals surface area contributed by atoms with E-state index in [-0.39, 0.29) is 23.9 Å². The van der Waals surface area contributed by atoms with E-state index in [9.17, 15) is 26.4 Å². The topological polar surface area (TPSA) is 112 Å². The second-order valence-electron chi connectivity index (χ2n) is 13.0. The van der Waals surface area contributed by atoms with Crippen molar-refractivity contribution in [2.75, 3.05) is 40.8 Å². The van der Waals surface area contributed by atoms with Crippen molar-refractivity contribution in [2.45, 2.75) is 62.4 Å². The van der Waals surface area contributed by atoms with E-state index in [1.807, 2.05) is 78.4 Å². The standard InChI is InChI=1S/C19H22N2O3S.C19H21NO3S/c1-13-12-20(3)19-11-16(7-10-18(19)21(13)14(2)22)15-5-8-17(9-6-15)25(4,23)24;1-13-4-5-17-12-16(8-11-19(17)20(13)14(2)21)15-6-9-18(10-7-15)24(3,22)23/h5-11,13H,12H2,1-4H3;6-13H,4-5H2,1-3H3/t2*13-/m00/s1. The summed E-state index contributed by atoms with van der Waals surface area (Å²) in [6.45, 7) is 8.07. The van der Waals surface area contributed by atoms with Crippen molar-refractivity contribution in [1.29, 1.82) is 0 Å². The van der Waals surface area contributed by atoms with Gasteiger partial charge in [-0.25, -0.2) is 16.8 Å². The van der Waals surface area contributed by atoms with Crippen LogP contribution in [-0.4, -0.2) is 66.8 Å². The van der Waals surface area contributed by atoms with E-state index in [1.54, 1.807) is 38.1 Å². The quantitative estimate of drug-likeness (QED) is 0.242. The van der Waals surface area contributed by atoms with Crippen LogP contribution < -0.4 is 14.7 Å². The maximum absolute atomic E-state index is 12.0. The highest BCUT2D eigenvalue weighted by Crippen LogP contribution is 2.38. The Labute approximate surface area is 290 Å². The van der Waals surface area contributed by atoms with E-state index in [0.29, 0.717) is 9.79 Å². The summed E-state index contributed by atoms with van der Waals surface area (Å²) in [5.41, 5.74) is 7.99. The molecule has 49 heavy (non-hydrogen) atoms. The molecule has 2 aliphatic heterocycles. The van der Waals surface area contributed by atoms with Gasteiger partial charge in [-0.1, -0.05) is 36.4 Å². The van der Waals surface area contributed by atoms with E-state index in [4.69, 9.17) is 0 Å². The molecule has 4 aromatic carbocycles. The van der Waals surface area contributed by atoms with Crippen molar-refractivity contribution < 1.29 is 26.4 Å². The minimum atomic E-state index is -3.20. The number of sulfone groups is 2. The molecule has 6 rings (SSSR count). The summed E-state index contributed by atoms with van der Waals surface area (Å²) in [5.74, 6) is 0.0980. The summed E-state index contributed by atoms with van der Waals surface area (Å²) in [6.07, 6.45) is 4.30. The highest BCUT2D eigenvalue weighted by Gasteiger charge is 2.29. The van der Waals surface area contributed by atoms with Crippen LogP contribution in [0.2, 0.25) is 0 Å². The maximum Gasteiger partial charge on any atom is 0.224 e. The summed E-state index contributed by atoms with van der Waals surface area (Å²) in [4.78, 5) is 30.4. The number of amides is 2. The highest BCUT2D eigenvalue weighted by molar-refractivity contribution is 7.91. The van der Waals surface area contributed by atoms with Gasteiger partial charge >= 0.3 is 0 Å². The van der Waals surface area contributed by atoms with E-state index in [2.05, 4.69) is 17.9 Å². The van der Waals surface area contributed by atoms with Crippen molar-refractivity contribution in [2.24, 2.45) is 0 Å². The lowest BCUT2D eigenvalue weighted by molar-refractivity contribution is -0.117. The molecule has 0 saturated carbocycles. The maximum atomic E-state index is 12.0. The number of carbonyl (C=O) groups excluding carboxylic acids is 2. The Morgan fingerprint density at radius 2 is 1.02 bits per heavy atom. The number of nitrogens with zero attached hydrogens (tertiary/aromatic N) is 3. The van der Waals surface area contributed by atoms with Crippen LogP contribution in [0.25, 0.3) is 22.3 Å². The van der Waals surface area contributed by atoms with Crippen molar-refractivity contribution >= 4 is 48.6 Å². The fourth-order valence-corrected chi connectivity index (χ4v) is 7.97. The molecular weight excluding hydrogens is 659 g/mol. The second kappa shape index (κ2) is 13.8. The molecule has 0 spiro atoms. The van der Waals surface area contributed by atoms with Gasteiger partial charge in [0.1, 0.15) is 0 Å². The third-order valence-corrected chi connectivity index (χ3v) is 11.4. The number of fused-ring (bicyclic) bond motifs is 2. The predicted molar refractivity (Wildman–Crippen MR) is 197 cm³/mol. The average Bonchev–Trinajstić information content (AvgIpc) is 3.03. The number of likely N-dealkylation sites (N-methyl/N-ethyl adjacent to an activating group) is 1. The molecule has 0 bridgehead atoms. The summed E-state index contributed by atoms with van der Waals surface area (Å²) in [6, 6.07) is 26.2. The normalized spacial score (nSPS) is 17.4. The Bertz CT molecular complexity index is 2110. The zero-order valence-corrected chi connectivity index (χ0v) is 30.6. The SMILES string of the molecule is CC(=O)N1c2ccc(-c3ccc(S(C)(=O)=O)cc3)cc2CC[C@@H]1C.CC(=O)N1c2ccc(-c3ccc(S(C)(=O)=O)cc3)cc2N(C)C[C@@H]1C. The van der Waals surface area contributed by atoms with Crippen molar-refractivity contribution in [1.82, 2.24) is 0 Å². The van der Waals surface area contributed by atoms with E-state index >= 15 is 0 Å². The van der Waals surface area contributed by atoms with Gasteiger partial charge in [-0.15, -0.1) is 0 Å². The Morgan fingerprint density at radius 3 is 1.49 bits per heavy atom. The van der Waals surface area contributed by atoms with Gasteiger partial charge in [-0.05, 0) is 103 Å². The Kier molecular flexibility index (Phi) is 10.1. The average molecular weight is 702 g/mol. The fourth-order valence-electron chi connectivity index (χ4n) is 6.71. The van der Waals surface area contributed by atoms with Crippen molar-refractivity contribution in [3.8, 4) is 22.3 Å². The number of aryl methyl sites for hydroxylation is 1. The predicted octanol–water partition coefficient (Wildman–Crippen LogP) is 6.39. The number of benzene rings is 4. The van der Waals surface area contributed by atoms with Crippen LogP contribution in [-0.2, 0) is 35.7 Å². The number of carbonyl (C=O) groups is 2. The van der Waals surface area contributed by atoms with Crippen LogP contribution in [0.15, 0.2) is 94.7 Å². The molecule has 2 amide bonds. The van der Waals surface area contributed by atoms with Crippen LogP contribution in [0.5, 0.6) is 0 Å². The Hall–Kier alpha value is -4.48. The molecule has 0 aromatic heterocycles. The number of rotatable bonds is 4. The third kappa shape index (κ3) is 7.73. The monoisotopic (exact) mass is 701 g/mol. The molecular formula is C38H43N3O6S2. The fraction of sp³-hybridized carbons (Fsp3) is 0.316. The first-order valence-corrected chi connectivity index (χ1v) is 19.9. The number of hydrogen-bond donors (Lipinski definition) is 0. The number of anilines is 3. The summed E-state index contributed by atoms with van der Waals surface area (Å²) >= 11 is 0. The summed E-state index contributed by atoms with van der Waals surface area (Å²) in [7, 11) is -4.37. The van der Waals surface area contributed by atoms with Crippen LogP contribution in [0, 0.1) is 0 Å². The van der Waals surface area contributed by atoms with Crippen LogP contribution in [0.3, 0.4) is 0 Å². The number of hydrogen-bond acceptors (Lipinski definition) is 7. The van der Waals surface area contributed by atoms with E-state index in [1.165, 1.54) is 12.5 Å². The highest BCUT2D eigenvalue weighted by atomic mass is 32.2. The summed E-state index contributed by atoms with van der Waals surface area (Å²) < 4.78 is 46.3. The van der Waals surface area contributed by atoms with Gasteiger partial charge in [0.25, 0.3) is 0 Å². The minimum absolute atomic E-state index is 0.0344. The lowest BCUT2D eigenvalue weighted by Crippen LogP contribution is -2.48. The van der Waals surface area contributed by atoms with Gasteiger partial charge in [0.2, 0.25) is 11.8 Å². The molecule has 0 aliphatic carbocycles. The van der Waals surface area contributed by atoms with Gasteiger partial charge in [0.15, 0.2) is 19.7 Å². The lowest BCUT2D eigenvalue weighted by atomic mass is 9.93. The van der Waals surface area contributed by atoms with Crippen LogP contribution in [0.1, 0.15) is 39.7 Å². The Morgan fingerprint density at radius 1 is 0.592 bits per heavy atom. The molecule has 0 fully saturated rings. The molecule has 0 N–H and O–H groups in total. The first-order valence-electron chi connectivity index (χ1n) is 16.1. The molecule has 2 atom stereocenters. The van der Waals surface area contributed by atoms with E-state index < -0.39 is 19.7 Å². The van der Waals surface area contributed by atoms with Gasteiger partial charge in [-0.2, -0.15) is 0 Å². The molecule has 2 heterocycles. The van der Waals surface area contributed by atoms with Gasteiger partial charge in [-0.3, -0.25) is 9.59 Å². The summed E-state index contributed by atoms with van der Waals surface area (Å²) in [5, 5.41) is 0. The molecule has 0 saturated heterocycles. The van der Waals surface area contributed by atoms with Gasteiger partial charge in [0.05, 0.1) is 27.2 Å². The smallest absolute Gasteiger partial charge is 0.224 e. The zero-order valence-electron chi connectivity index (χ0n) is 29.0. The minimum Gasteiger partial charge on any atom is -0.371 e. The molecule has 0 radical (unpaired) electrons. The van der Waals surface area contributed by atoms with Crippen LogP contribution in [0.4, 0.5) is 17.1 Å². The largest absolute Gasteiger partial charge is 0.371 e. The molecule has 258 valence electrons. The molecule has 2 aliphatic rings. The van der Waals surface area contributed by atoms with Crippen LogP contribution >= 0.6 is 0 Å². The van der Waals surface area contributed by atoms with Gasteiger partial charge < -0.3 is 14.7 Å². The van der Waals surface area contributed by atoms with Crippen molar-refractivity contribution in [3.63, 3.8) is 0 Å². The zero-order chi connectivity index (χ0) is 35.8. The molecule has 9 nitrogen and oxygen atoms in total. The molecule has 0 unspecified atom stereocenters. The third-order valence-electron chi connectivity index (χ3n) is 9.15. The second-order valence-corrected chi connectivity index (χ2v) is 17.1. The van der Waals surface area contributed by atoms with Gasteiger partial charge in [0, 0.05) is 51.7 Å².